The second kappa shape index (κ2) is 11.0. The number of aliphatic carboxylic acids is 1. The molecule has 2 heterocycles. The van der Waals surface area contributed by atoms with Gasteiger partial charge in [-0.05, 0) is 61.4 Å². The third-order valence-corrected chi connectivity index (χ3v) is 5.90. The highest BCUT2D eigenvalue weighted by atomic mass is 16.5. The summed E-state index contributed by atoms with van der Waals surface area (Å²) in [4.78, 5) is 28.8. The molecule has 4 rings (SSSR count). The van der Waals surface area contributed by atoms with Crippen molar-refractivity contribution >= 4 is 28.9 Å². The van der Waals surface area contributed by atoms with E-state index in [0.29, 0.717) is 23.4 Å². The third-order valence-electron chi connectivity index (χ3n) is 5.90. The predicted octanol–water partition coefficient (Wildman–Crippen LogP) is 5.29. The Hall–Kier alpha value is -4.23. The molecular weight excluding hydrogens is 456 g/mol. The molecule has 2 aromatic carbocycles. The zero-order valence-electron chi connectivity index (χ0n) is 20.5. The molecule has 36 heavy (non-hydrogen) atoms. The molecule has 0 aliphatic heterocycles. The van der Waals surface area contributed by atoms with Crippen molar-refractivity contribution < 1.29 is 24.2 Å². The molecule has 0 spiro atoms. The molecule has 0 bridgehead atoms. The van der Waals surface area contributed by atoms with Gasteiger partial charge in [0.15, 0.2) is 11.9 Å². The van der Waals surface area contributed by atoms with Crippen LogP contribution in [-0.4, -0.2) is 39.6 Å². The van der Waals surface area contributed by atoms with E-state index in [2.05, 4.69) is 4.98 Å². The maximum atomic E-state index is 13.3. The van der Waals surface area contributed by atoms with E-state index in [0.717, 1.165) is 27.9 Å². The normalized spacial score (nSPS) is 12.2. The van der Waals surface area contributed by atoms with Crippen molar-refractivity contribution in [3.05, 3.63) is 101 Å². The summed E-state index contributed by atoms with van der Waals surface area (Å²) in [7, 11) is 1.59. The molecule has 7 heteroatoms. The van der Waals surface area contributed by atoms with Crippen molar-refractivity contribution in [3.63, 3.8) is 0 Å². The fourth-order valence-corrected chi connectivity index (χ4v) is 3.80. The van der Waals surface area contributed by atoms with Crippen LogP contribution in [-0.2, 0) is 22.7 Å². The van der Waals surface area contributed by atoms with Crippen LogP contribution in [0.4, 0.5) is 0 Å². The second-order valence-electron chi connectivity index (χ2n) is 8.51. The van der Waals surface area contributed by atoms with E-state index in [9.17, 15) is 9.59 Å². The van der Waals surface area contributed by atoms with E-state index < -0.39 is 12.1 Å². The Labute approximate surface area is 209 Å². The molecule has 0 aliphatic rings. The largest absolute Gasteiger partial charge is 0.497 e. The summed E-state index contributed by atoms with van der Waals surface area (Å²) in [6.45, 7) is 4.23. The monoisotopic (exact) mass is 484 g/mol. The quantitative estimate of drug-likeness (QED) is 0.308. The maximum absolute atomic E-state index is 13.3. The number of hydrogen-bond donors (Lipinski definition) is 1. The number of carboxylic acid groups (broad SMARTS) is 1. The van der Waals surface area contributed by atoms with E-state index in [1.807, 2.05) is 66.2 Å². The Morgan fingerprint density at radius 2 is 1.78 bits per heavy atom. The number of ether oxygens (including phenoxy) is 2. The molecule has 0 unspecified atom stereocenters. The number of carboxylic acids is 1. The van der Waals surface area contributed by atoms with Crippen molar-refractivity contribution in [2.24, 2.45) is 0 Å². The first kappa shape index (κ1) is 24.9. The smallest absolute Gasteiger partial charge is 0.332 e. The zero-order chi connectivity index (χ0) is 25.7. The number of carbonyl (C=O) groups excluding carboxylic acids is 1. The van der Waals surface area contributed by atoms with Gasteiger partial charge < -0.3 is 19.1 Å². The van der Waals surface area contributed by atoms with Gasteiger partial charge in [0.2, 0.25) is 0 Å². The third kappa shape index (κ3) is 5.70. The lowest BCUT2D eigenvalue weighted by Gasteiger charge is -2.08. The number of benzene rings is 2. The first-order chi connectivity index (χ1) is 17.4. The zero-order valence-corrected chi connectivity index (χ0v) is 20.5. The number of aryl methyl sites for hydroxylation is 1. The number of rotatable bonds is 10. The number of nitrogens with zero attached hydrogens (tertiary/aromatic N) is 2. The minimum atomic E-state index is -0.981. The summed E-state index contributed by atoms with van der Waals surface area (Å²) in [6, 6.07) is 18.7. The van der Waals surface area contributed by atoms with Crippen LogP contribution in [0.2, 0.25) is 0 Å². The van der Waals surface area contributed by atoms with Crippen LogP contribution in [0.25, 0.3) is 17.1 Å². The number of ketones is 1. The molecule has 0 saturated carbocycles. The van der Waals surface area contributed by atoms with Crippen molar-refractivity contribution in [2.75, 3.05) is 7.11 Å². The maximum Gasteiger partial charge on any atom is 0.332 e. The molecule has 0 aliphatic carbocycles. The van der Waals surface area contributed by atoms with Crippen LogP contribution in [0.5, 0.6) is 5.75 Å². The molecule has 0 fully saturated rings. The fraction of sp³-hybridized carbons (Fsp3) is 0.207. The molecule has 0 radical (unpaired) electrons. The molecule has 0 saturated heterocycles. The van der Waals surface area contributed by atoms with E-state index in [1.165, 1.54) is 6.92 Å². The summed E-state index contributed by atoms with van der Waals surface area (Å²) in [6.07, 6.45) is 5.03. The van der Waals surface area contributed by atoms with Crippen LogP contribution in [0.3, 0.4) is 0 Å². The van der Waals surface area contributed by atoms with E-state index >= 15 is 0 Å². The van der Waals surface area contributed by atoms with Crippen molar-refractivity contribution in [2.45, 2.75) is 33.1 Å². The van der Waals surface area contributed by atoms with Crippen molar-refractivity contribution in [1.82, 2.24) is 9.55 Å². The lowest BCUT2D eigenvalue weighted by atomic mass is 10.0. The summed E-state index contributed by atoms with van der Waals surface area (Å²) < 4.78 is 12.5. The van der Waals surface area contributed by atoms with Crippen molar-refractivity contribution in [3.8, 4) is 5.75 Å². The average Bonchev–Trinajstić information content (AvgIpc) is 3.25. The van der Waals surface area contributed by atoms with Gasteiger partial charge in [-0.25, -0.2) is 9.78 Å². The van der Waals surface area contributed by atoms with Gasteiger partial charge in [-0.1, -0.05) is 36.4 Å². The SMILES string of the molecule is COc1ccc(C(=O)c2cn(CC=Cc3ccc(CO[C@@H](C)C(=O)O)cc3)c3nc(C)ccc23)cc1. The minimum Gasteiger partial charge on any atom is -0.497 e. The molecule has 1 N–H and O–H groups in total. The molecule has 0 amide bonds. The molecule has 4 aromatic rings. The van der Waals surface area contributed by atoms with Gasteiger partial charge in [-0.2, -0.15) is 0 Å². The average molecular weight is 485 g/mol. The van der Waals surface area contributed by atoms with Crippen LogP contribution in [0.1, 0.15) is 39.7 Å². The topological polar surface area (TPSA) is 90.7 Å². The Morgan fingerprint density at radius 3 is 2.44 bits per heavy atom. The molecule has 1 atom stereocenters. The Kier molecular flexibility index (Phi) is 7.61. The van der Waals surface area contributed by atoms with Crippen LogP contribution in [0.15, 0.2) is 72.9 Å². The van der Waals surface area contributed by atoms with E-state index in [1.54, 1.807) is 31.4 Å². The van der Waals surface area contributed by atoms with Gasteiger partial charge in [0, 0.05) is 34.9 Å². The highest BCUT2D eigenvalue weighted by molar-refractivity contribution is 6.16. The minimum absolute atomic E-state index is 0.0638. The summed E-state index contributed by atoms with van der Waals surface area (Å²) >= 11 is 0. The number of aromatic nitrogens is 2. The van der Waals surface area contributed by atoms with E-state index in [4.69, 9.17) is 14.6 Å². The number of hydrogen-bond acceptors (Lipinski definition) is 5. The number of pyridine rings is 1. The van der Waals surface area contributed by atoms with Crippen molar-refractivity contribution in [1.29, 1.82) is 0 Å². The number of allylic oxidation sites excluding steroid dienone is 1. The first-order valence-electron chi connectivity index (χ1n) is 11.6. The first-order valence-corrected chi connectivity index (χ1v) is 11.6. The van der Waals surface area contributed by atoms with Crippen LogP contribution < -0.4 is 4.74 Å². The van der Waals surface area contributed by atoms with Gasteiger partial charge in [-0.15, -0.1) is 0 Å². The van der Waals surface area contributed by atoms with Gasteiger partial charge >= 0.3 is 5.97 Å². The van der Waals surface area contributed by atoms with Gasteiger partial charge in [0.1, 0.15) is 11.4 Å². The lowest BCUT2D eigenvalue weighted by Crippen LogP contribution is -2.19. The number of fused-ring (bicyclic) bond motifs is 1. The summed E-state index contributed by atoms with van der Waals surface area (Å²) in [5, 5.41) is 9.74. The number of methoxy groups -OCH3 is 1. The summed E-state index contributed by atoms with van der Waals surface area (Å²) in [5.41, 5.74) is 4.74. The molecule has 184 valence electrons. The Balaban J connectivity index is 1.51. The van der Waals surface area contributed by atoms with Gasteiger partial charge in [0.25, 0.3) is 0 Å². The molecule has 2 aromatic heterocycles. The highest BCUT2D eigenvalue weighted by Gasteiger charge is 2.17. The molecular formula is C29H28N2O5. The highest BCUT2D eigenvalue weighted by Crippen LogP contribution is 2.24. The summed E-state index contributed by atoms with van der Waals surface area (Å²) in [5.74, 6) is -0.344. The second-order valence-corrected chi connectivity index (χ2v) is 8.51. The van der Waals surface area contributed by atoms with Crippen LogP contribution in [0, 0.1) is 6.92 Å². The standard InChI is InChI=1S/C29H28N2O5/c1-19-6-15-25-26(27(32)23-11-13-24(35-3)14-12-23)17-31(28(25)30-19)16-4-5-21-7-9-22(10-8-21)18-36-20(2)29(33)34/h4-15,17,20H,16,18H2,1-3H3,(H,33,34)/t20-/m0/s1. The van der Waals surface area contributed by atoms with Gasteiger partial charge in [0.05, 0.1) is 13.7 Å². The predicted molar refractivity (Wildman–Crippen MR) is 138 cm³/mol. The Bertz CT molecular complexity index is 1400. The number of carbonyl (C=O) groups is 2. The van der Waals surface area contributed by atoms with Crippen LogP contribution >= 0.6 is 0 Å². The molecule has 7 nitrogen and oxygen atoms in total. The lowest BCUT2D eigenvalue weighted by molar-refractivity contribution is -0.149. The van der Waals surface area contributed by atoms with Gasteiger partial charge in [-0.3, -0.25) is 4.79 Å². The fourth-order valence-electron chi connectivity index (χ4n) is 3.80. The Morgan fingerprint density at radius 1 is 1.06 bits per heavy atom. The van der Waals surface area contributed by atoms with E-state index in [-0.39, 0.29) is 12.4 Å².